The first-order chi connectivity index (χ1) is 10.3. The van der Waals surface area contributed by atoms with Gasteiger partial charge < -0.3 is 5.32 Å². The van der Waals surface area contributed by atoms with E-state index in [-0.39, 0.29) is 22.2 Å². The largest absolute Gasteiger partial charge is 0.414 e. The molecule has 3 nitrogen and oxygen atoms in total. The van der Waals surface area contributed by atoms with Gasteiger partial charge in [0, 0.05) is 28.4 Å². The Bertz CT molecular complexity index is 729. The molecule has 114 valence electrons. The Morgan fingerprint density at radius 2 is 2.09 bits per heavy atom. The molecule has 0 spiro atoms. The van der Waals surface area contributed by atoms with Gasteiger partial charge in [-0.2, -0.15) is 13.2 Å². The average Bonchev–Trinajstić information content (AvgIpc) is 3.24. The number of anilines is 1. The maximum absolute atomic E-state index is 13.8. The molecule has 1 aliphatic heterocycles. The number of hydrogen-bond donors (Lipinski definition) is 1. The summed E-state index contributed by atoms with van der Waals surface area (Å²) in [5, 5.41) is 2.45. The van der Waals surface area contributed by atoms with Gasteiger partial charge in [0.2, 0.25) is 0 Å². The lowest BCUT2D eigenvalue weighted by Crippen LogP contribution is -2.42. The minimum Gasteiger partial charge on any atom is -0.306 e. The van der Waals surface area contributed by atoms with Crippen molar-refractivity contribution in [3.63, 3.8) is 0 Å². The Hall–Kier alpha value is -2.00. The molecule has 1 aromatic carbocycles. The fourth-order valence-electron chi connectivity index (χ4n) is 2.16. The van der Waals surface area contributed by atoms with Crippen molar-refractivity contribution >= 4 is 29.5 Å². The van der Waals surface area contributed by atoms with Gasteiger partial charge in [0.1, 0.15) is 0 Å². The van der Waals surface area contributed by atoms with Crippen LogP contribution in [0.25, 0.3) is 0 Å². The second-order valence-electron chi connectivity index (χ2n) is 5.23. The van der Waals surface area contributed by atoms with Gasteiger partial charge in [0.15, 0.2) is 5.41 Å². The minimum absolute atomic E-state index is 0.00863. The van der Waals surface area contributed by atoms with Crippen molar-refractivity contribution < 1.29 is 18.0 Å². The van der Waals surface area contributed by atoms with Gasteiger partial charge in [-0.05, 0) is 31.0 Å². The average molecular weight is 327 g/mol. The van der Waals surface area contributed by atoms with E-state index in [1.54, 1.807) is 0 Å². The van der Waals surface area contributed by atoms with E-state index < -0.39 is 17.6 Å². The van der Waals surface area contributed by atoms with E-state index in [9.17, 15) is 18.0 Å². The van der Waals surface area contributed by atoms with Crippen molar-refractivity contribution in [3.8, 4) is 11.8 Å². The first kappa shape index (κ1) is 14.9. The number of benzene rings is 1. The highest BCUT2D eigenvalue weighted by Gasteiger charge is 2.56. The number of hydrogen-bond acceptors (Lipinski definition) is 1. The quantitative estimate of drug-likeness (QED) is 0.714. The molecule has 3 rings (SSSR count). The number of alkyl halides is 3. The van der Waals surface area contributed by atoms with Gasteiger partial charge in [-0.1, -0.05) is 23.4 Å². The molecular weight excluding hydrogens is 317 g/mol. The molecule has 1 atom stereocenters. The molecule has 1 saturated carbocycles. The number of halogens is 4. The lowest BCUT2D eigenvalue weighted by Gasteiger charge is -2.28. The number of urea groups is 1. The molecule has 0 bridgehead atoms. The molecule has 0 unspecified atom stereocenters. The normalized spacial score (nSPS) is 23.9. The Labute approximate surface area is 129 Å². The summed E-state index contributed by atoms with van der Waals surface area (Å²) in [6.45, 7) is 0. The van der Waals surface area contributed by atoms with E-state index in [0.29, 0.717) is 6.21 Å². The predicted molar refractivity (Wildman–Crippen MR) is 77.2 cm³/mol. The fraction of sp³-hybridized carbons (Fsp3) is 0.333. The van der Waals surface area contributed by atoms with Crippen LogP contribution in [0, 0.1) is 17.8 Å². The van der Waals surface area contributed by atoms with Crippen molar-refractivity contribution in [2.75, 3.05) is 5.32 Å². The van der Waals surface area contributed by atoms with E-state index in [0.717, 1.165) is 12.8 Å². The van der Waals surface area contributed by atoms with Crippen LogP contribution in [0.3, 0.4) is 0 Å². The van der Waals surface area contributed by atoms with Crippen LogP contribution in [-0.2, 0) is 5.41 Å². The van der Waals surface area contributed by atoms with Gasteiger partial charge in [-0.25, -0.2) is 9.79 Å². The van der Waals surface area contributed by atoms with Gasteiger partial charge in [0.25, 0.3) is 0 Å². The van der Waals surface area contributed by atoms with Crippen LogP contribution < -0.4 is 5.32 Å². The smallest absolute Gasteiger partial charge is 0.306 e. The molecule has 2 amide bonds. The van der Waals surface area contributed by atoms with Gasteiger partial charge in [-0.3, -0.25) is 0 Å². The molecule has 0 radical (unpaired) electrons. The maximum atomic E-state index is 13.8. The van der Waals surface area contributed by atoms with Crippen molar-refractivity contribution in [2.45, 2.75) is 24.4 Å². The van der Waals surface area contributed by atoms with E-state index in [1.807, 2.05) is 0 Å². The highest BCUT2D eigenvalue weighted by molar-refractivity contribution is 6.30. The molecule has 1 aromatic rings. The Balaban J connectivity index is 2.27. The summed E-state index contributed by atoms with van der Waals surface area (Å²) in [4.78, 5) is 14.9. The third-order valence-electron chi connectivity index (χ3n) is 3.52. The highest BCUT2D eigenvalue weighted by atomic mass is 35.5. The number of carbonyl (C=O) groups is 1. The van der Waals surface area contributed by atoms with Crippen LogP contribution in [0.2, 0.25) is 5.02 Å². The number of nitrogens with one attached hydrogen (secondary N) is 1. The number of nitrogens with zero attached hydrogens (tertiary/aromatic N) is 1. The second-order valence-corrected chi connectivity index (χ2v) is 5.66. The maximum Gasteiger partial charge on any atom is 0.414 e. The number of fused-ring (bicyclic) bond motifs is 1. The summed E-state index contributed by atoms with van der Waals surface area (Å²) in [5.41, 5.74) is -2.85. The zero-order valence-electron chi connectivity index (χ0n) is 11.2. The Kier molecular flexibility index (Phi) is 3.41. The van der Waals surface area contributed by atoms with E-state index in [1.165, 1.54) is 18.2 Å². The lowest BCUT2D eigenvalue weighted by atomic mass is 9.80. The molecular formula is C15H10ClF3N2O. The first-order valence-electron chi connectivity index (χ1n) is 6.57. The van der Waals surface area contributed by atoms with Crippen molar-refractivity contribution in [1.82, 2.24) is 0 Å². The number of carbonyl (C=O) groups excluding carboxylic acids is 1. The first-order valence-corrected chi connectivity index (χ1v) is 6.95. The summed E-state index contributed by atoms with van der Waals surface area (Å²) in [5.74, 6) is 4.91. The number of rotatable bonds is 0. The summed E-state index contributed by atoms with van der Waals surface area (Å²) in [6.07, 6.45) is -2.58. The Morgan fingerprint density at radius 1 is 1.36 bits per heavy atom. The zero-order chi connectivity index (χ0) is 16.0. The van der Waals surface area contributed by atoms with E-state index in [4.69, 9.17) is 11.6 Å². The summed E-state index contributed by atoms with van der Waals surface area (Å²) >= 11 is 5.85. The monoisotopic (exact) mass is 326 g/mol. The van der Waals surface area contributed by atoms with Crippen molar-refractivity contribution in [2.24, 2.45) is 10.9 Å². The number of aliphatic imine (C=N–C) groups is 1. The fourth-order valence-corrected chi connectivity index (χ4v) is 2.34. The minimum atomic E-state index is -4.73. The molecule has 1 aliphatic carbocycles. The van der Waals surface area contributed by atoms with Gasteiger partial charge >= 0.3 is 12.2 Å². The third kappa shape index (κ3) is 2.57. The molecule has 2 aliphatic rings. The van der Waals surface area contributed by atoms with Gasteiger partial charge in [-0.15, -0.1) is 0 Å². The van der Waals surface area contributed by atoms with Crippen LogP contribution >= 0.6 is 11.6 Å². The van der Waals surface area contributed by atoms with Crippen LogP contribution in [0.1, 0.15) is 18.4 Å². The third-order valence-corrected chi connectivity index (χ3v) is 3.76. The van der Waals surface area contributed by atoms with E-state index >= 15 is 0 Å². The Morgan fingerprint density at radius 3 is 2.73 bits per heavy atom. The van der Waals surface area contributed by atoms with Crippen LogP contribution in [0.5, 0.6) is 0 Å². The molecule has 22 heavy (non-hydrogen) atoms. The zero-order valence-corrected chi connectivity index (χ0v) is 11.9. The second kappa shape index (κ2) is 5.03. The van der Waals surface area contributed by atoms with Crippen molar-refractivity contribution in [3.05, 3.63) is 28.8 Å². The van der Waals surface area contributed by atoms with Gasteiger partial charge in [0.05, 0.1) is 0 Å². The molecule has 1 heterocycles. The summed E-state index contributed by atoms with van der Waals surface area (Å²) in [7, 11) is 0. The SMILES string of the molecule is O=C1N=C[C@](C#CC2CC2)(C(F)(F)F)c2cc(Cl)ccc2N1. The lowest BCUT2D eigenvalue weighted by molar-refractivity contribution is -0.152. The standard InChI is InChI=1S/C15H10ClF3N2O/c16-10-3-4-12-11(7-10)14(15(17,18)19,6-5-9-1-2-9)8-20-13(22)21-12/h3-4,7-9H,1-2H2,(H,21,22)/t14-/m0/s1. The van der Waals surface area contributed by atoms with E-state index in [2.05, 4.69) is 22.2 Å². The highest BCUT2D eigenvalue weighted by Crippen LogP contribution is 2.45. The molecule has 1 N–H and O–H groups in total. The van der Waals surface area contributed by atoms with Crippen LogP contribution in [0.15, 0.2) is 23.2 Å². The molecule has 1 fully saturated rings. The molecule has 7 heteroatoms. The molecule has 0 saturated heterocycles. The van der Waals surface area contributed by atoms with Crippen molar-refractivity contribution in [1.29, 1.82) is 0 Å². The summed E-state index contributed by atoms with van der Waals surface area (Å²) in [6, 6.07) is 3.03. The topological polar surface area (TPSA) is 41.5 Å². The number of amides is 2. The summed E-state index contributed by atoms with van der Waals surface area (Å²) < 4.78 is 41.4. The van der Waals surface area contributed by atoms with Crippen LogP contribution in [-0.4, -0.2) is 18.4 Å². The molecule has 0 aromatic heterocycles. The van der Waals surface area contributed by atoms with Crippen LogP contribution in [0.4, 0.5) is 23.7 Å². The predicted octanol–water partition coefficient (Wildman–Crippen LogP) is 4.17.